The van der Waals surface area contributed by atoms with Crippen molar-refractivity contribution in [3.63, 3.8) is 0 Å². The summed E-state index contributed by atoms with van der Waals surface area (Å²) in [4.78, 5) is 16.6. The molecule has 1 heterocycles. The highest BCUT2D eigenvalue weighted by atomic mass is 16.5. The van der Waals surface area contributed by atoms with Gasteiger partial charge in [0.1, 0.15) is 5.75 Å². The number of ether oxygens (including phenoxy) is 1. The molecule has 2 fully saturated rings. The summed E-state index contributed by atoms with van der Waals surface area (Å²) >= 11 is 0. The molecule has 0 unspecified atom stereocenters. The first-order valence-corrected chi connectivity index (χ1v) is 9.01. The fourth-order valence-electron chi connectivity index (χ4n) is 3.51. The Hall–Kier alpha value is -1.91. The van der Waals surface area contributed by atoms with E-state index in [1.165, 1.54) is 12.8 Å². The molecule has 132 valence electrons. The van der Waals surface area contributed by atoms with Crippen LogP contribution in [0.5, 0.6) is 5.75 Å². The summed E-state index contributed by atoms with van der Waals surface area (Å²) in [5, 5.41) is 3.21. The average Bonchev–Trinajstić information content (AvgIpc) is 3.46. The molecule has 2 amide bonds. The lowest BCUT2D eigenvalue weighted by atomic mass is 10.0. The summed E-state index contributed by atoms with van der Waals surface area (Å²) in [6.45, 7) is 4.03. The number of hydrogen-bond donors (Lipinski definition) is 1. The zero-order chi connectivity index (χ0) is 17.1. The van der Waals surface area contributed by atoms with Crippen molar-refractivity contribution < 1.29 is 9.53 Å². The second-order valence-corrected chi connectivity index (χ2v) is 7.07. The molecule has 1 atom stereocenters. The second kappa shape index (κ2) is 7.32. The van der Waals surface area contributed by atoms with Crippen molar-refractivity contribution in [1.29, 1.82) is 0 Å². The maximum absolute atomic E-state index is 12.4. The zero-order valence-corrected chi connectivity index (χ0v) is 15.0. The van der Waals surface area contributed by atoms with Crippen LogP contribution in [0.3, 0.4) is 0 Å². The van der Waals surface area contributed by atoms with Gasteiger partial charge in [-0.25, -0.2) is 4.79 Å². The first kappa shape index (κ1) is 16.9. The summed E-state index contributed by atoms with van der Waals surface area (Å²) in [7, 11) is 3.63. The molecule has 1 saturated heterocycles. The minimum absolute atomic E-state index is 0.0742. The van der Waals surface area contributed by atoms with Crippen LogP contribution in [0.25, 0.3) is 0 Å². The molecule has 1 aromatic rings. The Morgan fingerprint density at radius 2 is 1.92 bits per heavy atom. The van der Waals surface area contributed by atoms with Crippen molar-refractivity contribution in [3.05, 3.63) is 24.3 Å². The third-order valence-electron chi connectivity index (χ3n) is 5.48. The number of nitrogens with zero attached hydrogens (tertiary/aromatic N) is 2. The lowest BCUT2D eigenvalue weighted by Gasteiger charge is -2.36. The summed E-state index contributed by atoms with van der Waals surface area (Å²) in [5.41, 5.74) is 1.14. The Kier molecular flexibility index (Phi) is 5.17. The van der Waals surface area contributed by atoms with Gasteiger partial charge in [0.25, 0.3) is 0 Å². The van der Waals surface area contributed by atoms with E-state index in [0.717, 1.165) is 37.4 Å². The smallest absolute Gasteiger partial charge is 0.317 e. The van der Waals surface area contributed by atoms with E-state index in [0.29, 0.717) is 12.0 Å². The molecule has 5 nitrogen and oxygen atoms in total. The van der Waals surface area contributed by atoms with Gasteiger partial charge in [0, 0.05) is 32.2 Å². The van der Waals surface area contributed by atoms with Crippen molar-refractivity contribution in [2.75, 3.05) is 32.1 Å². The molecule has 1 aliphatic heterocycles. The molecule has 0 bridgehead atoms. The molecule has 5 heteroatoms. The standard InChI is InChI=1S/C19H29N3O2/c1-14(15-8-9-15)21(2)19(23)20-16-10-12-22(13-11-16)17-6-4-5-7-18(17)24-3/h4-7,14-16H,8-13H2,1-3H3,(H,20,23)/t14-/m1/s1. The van der Waals surface area contributed by atoms with Crippen LogP contribution in [0, 0.1) is 5.92 Å². The van der Waals surface area contributed by atoms with Crippen LogP contribution in [0.1, 0.15) is 32.6 Å². The molecule has 1 N–H and O–H groups in total. The van der Waals surface area contributed by atoms with E-state index < -0.39 is 0 Å². The van der Waals surface area contributed by atoms with Crippen LogP contribution in [0.2, 0.25) is 0 Å². The van der Waals surface area contributed by atoms with E-state index in [1.807, 2.05) is 30.1 Å². The first-order chi connectivity index (χ1) is 11.6. The minimum Gasteiger partial charge on any atom is -0.495 e. The van der Waals surface area contributed by atoms with E-state index in [2.05, 4.69) is 23.2 Å². The maximum atomic E-state index is 12.4. The molecule has 0 aromatic heterocycles. The topological polar surface area (TPSA) is 44.8 Å². The van der Waals surface area contributed by atoms with E-state index in [4.69, 9.17) is 4.74 Å². The second-order valence-electron chi connectivity index (χ2n) is 7.07. The van der Waals surface area contributed by atoms with Crippen molar-refractivity contribution in [2.24, 2.45) is 5.92 Å². The zero-order valence-electron chi connectivity index (χ0n) is 15.0. The number of carbonyl (C=O) groups is 1. The molecule has 1 saturated carbocycles. The number of anilines is 1. The van der Waals surface area contributed by atoms with Crippen LogP contribution < -0.4 is 15.0 Å². The molecular formula is C19H29N3O2. The van der Waals surface area contributed by atoms with Crippen molar-refractivity contribution in [2.45, 2.75) is 44.7 Å². The van der Waals surface area contributed by atoms with Crippen molar-refractivity contribution in [1.82, 2.24) is 10.2 Å². The van der Waals surface area contributed by atoms with Gasteiger partial charge in [0.05, 0.1) is 12.8 Å². The number of urea groups is 1. The van der Waals surface area contributed by atoms with Crippen LogP contribution in [0.4, 0.5) is 10.5 Å². The van der Waals surface area contributed by atoms with Gasteiger partial charge in [0.2, 0.25) is 0 Å². The van der Waals surface area contributed by atoms with Gasteiger partial charge in [-0.1, -0.05) is 12.1 Å². The van der Waals surface area contributed by atoms with E-state index >= 15 is 0 Å². The van der Waals surface area contributed by atoms with E-state index in [-0.39, 0.29) is 12.1 Å². The fraction of sp³-hybridized carbons (Fsp3) is 0.632. The van der Waals surface area contributed by atoms with E-state index in [9.17, 15) is 4.79 Å². The highest BCUT2D eigenvalue weighted by Crippen LogP contribution is 2.34. The largest absolute Gasteiger partial charge is 0.495 e. The fourth-order valence-corrected chi connectivity index (χ4v) is 3.51. The summed E-state index contributed by atoms with van der Waals surface area (Å²) in [6, 6.07) is 8.81. The monoisotopic (exact) mass is 331 g/mol. The van der Waals surface area contributed by atoms with Crippen LogP contribution in [0.15, 0.2) is 24.3 Å². The Bertz CT molecular complexity index is 565. The van der Waals surface area contributed by atoms with Gasteiger partial charge in [-0.05, 0) is 50.7 Å². The number of carbonyl (C=O) groups excluding carboxylic acids is 1. The van der Waals surface area contributed by atoms with Gasteiger partial charge in [0.15, 0.2) is 0 Å². The number of hydrogen-bond acceptors (Lipinski definition) is 3. The van der Waals surface area contributed by atoms with Gasteiger partial charge < -0.3 is 19.9 Å². The van der Waals surface area contributed by atoms with E-state index in [1.54, 1.807) is 7.11 Å². The Morgan fingerprint density at radius 3 is 2.54 bits per heavy atom. The number of amides is 2. The van der Waals surface area contributed by atoms with Crippen molar-refractivity contribution >= 4 is 11.7 Å². The van der Waals surface area contributed by atoms with Crippen LogP contribution in [-0.2, 0) is 0 Å². The third kappa shape index (κ3) is 3.77. The Balaban J connectivity index is 1.50. The number of benzene rings is 1. The maximum Gasteiger partial charge on any atom is 0.317 e. The summed E-state index contributed by atoms with van der Waals surface area (Å²) in [5.74, 6) is 1.62. The highest BCUT2D eigenvalue weighted by Gasteiger charge is 2.33. The predicted octanol–water partition coefficient (Wildman–Crippen LogP) is 3.10. The molecular weight excluding hydrogens is 302 g/mol. The van der Waals surface area contributed by atoms with Gasteiger partial charge in [-0.15, -0.1) is 0 Å². The third-order valence-corrected chi connectivity index (χ3v) is 5.48. The summed E-state index contributed by atoms with van der Waals surface area (Å²) in [6.07, 6.45) is 4.46. The lowest BCUT2D eigenvalue weighted by molar-refractivity contribution is 0.182. The average molecular weight is 331 g/mol. The first-order valence-electron chi connectivity index (χ1n) is 9.01. The van der Waals surface area contributed by atoms with Crippen LogP contribution >= 0.6 is 0 Å². The predicted molar refractivity (Wildman–Crippen MR) is 96.7 cm³/mol. The van der Waals surface area contributed by atoms with Gasteiger partial charge in [-0.2, -0.15) is 0 Å². The number of rotatable bonds is 5. The lowest BCUT2D eigenvalue weighted by Crippen LogP contribution is -2.50. The van der Waals surface area contributed by atoms with Crippen LogP contribution in [-0.4, -0.2) is 50.3 Å². The number of para-hydroxylation sites is 2. The minimum atomic E-state index is 0.0742. The quantitative estimate of drug-likeness (QED) is 0.902. The molecule has 1 aromatic carbocycles. The SMILES string of the molecule is COc1ccccc1N1CCC(NC(=O)N(C)[C@H](C)C2CC2)CC1. The number of piperidine rings is 1. The molecule has 3 rings (SSSR count). The number of nitrogens with one attached hydrogen (secondary N) is 1. The molecule has 24 heavy (non-hydrogen) atoms. The normalized spacial score (nSPS) is 19.7. The Morgan fingerprint density at radius 1 is 1.25 bits per heavy atom. The molecule has 0 radical (unpaired) electrons. The van der Waals surface area contributed by atoms with Gasteiger partial charge in [-0.3, -0.25) is 0 Å². The van der Waals surface area contributed by atoms with Gasteiger partial charge >= 0.3 is 6.03 Å². The molecule has 1 aliphatic carbocycles. The Labute approximate surface area is 145 Å². The number of methoxy groups -OCH3 is 1. The van der Waals surface area contributed by atoms with Crippen molar-refractivity contribution in [3.8, 4) is 5.75 Å². The molecule has 2 aliphatic rings. The highest BCUT2D eigenvalue weighted by molar-refractivity contribution is 5.74. The summed E-state index contributed by atoms with van der Waals surface area (Å²) < 4.78 is 5.46. The molecule has 0 spiro atoms.